The lowest BCUT2D eigenvalue weighted by Gasteiger charge is -2.20. The largest absolute Gasteiger partial charge is 0.481 e. The topological polar surface area (TPSA) is 98.7 Å². The van der Waals surface area contributed by atoms with Gasteiger partial charge in [0, 0.05) is 31.4 Å². The standard InChI is InChI=1S/C14H19N3O4/c1-3-17(9-8-13(19)20)14(21)16-12-6-4-11(5-7-12)15-10(2)18/h4-7H,3,8-9H2,1-2H3,(H,15,18)(H,16,21)(H,19,20). The molecule has 1 aromatic rings. The quantitative estimate of drug-likeness (QED) is 0.746. The van der Waals surface area contributed by atoms with Gasteiger partial charge in [0.1, 0.15) is 0 Å². The van der Waals surface area contributed by atoms with Crippen molar-refractivity contribution in [3.63, 3.8) is 0 Å². The van der Waals surface area contributed by atoms with Crippen molar-refractivity contribution >= 4 is 29.3 Å². The van der Waals surface area contributed by atoms with Crippen LogP contribution in [-0.4, -0.2) is 41.0 Å². The van der Waals surface area contributed by atoms with Crippen molar-refractivity contribution in [2.24, 2.45) is 0 Å². The minimum atomic E-state index is -0.944. The van der Waals surface area contributed by atoms with Crippen LogP contribution in [0.25, 0.3) is 0 Å². The molecule has 0 heterocycles. The van der Waals surface area contributed by atoms with Crippen LogP contribution in [0.4, 0.5) is 16.2 Å². The molecule has 114 valence electrons. The van der Waals surface area contributed by atoms with Crippen LogP contribution < -0.4 is 10.6 Å². The van der Waals surface area contributed by atoms with Crippen molar-refractivity contribution < 1.29 is 19.5 Å². The summed E-state index contributed by atoms with van der Waals surface area (Å²) in [6.07, 6.45) is -0.0945. The molecule has 21 heavy (non-hydrogen) atoms. The van der Waals surface area contributed by atoms with Crippen LogP contribution in [0.1, 0.15) is 20.3 Å². The fourth-order valence-electron chi connectivity index (χ4n) is 1.68. The lowest BCUT2D eigenvalue weighted by molar-refractivity contribution is -0.137. The Morgan fingerprint density at radius 2 is 1.62 bits per heavy atom. The zero-order valence-corrected chi connectivity index (χ0v) is 12.0. The highest BCUT2D eigenvalue weighted by Gasteiger charge is 2.12. The average Bonchev–Trinajstić information content (AvgIpc) is 2.40. The molecule has 1 rings (SSSR count). The van der Waals surface area contributed by atoms with E-state index < -0.39 is 5.97 Å². The van der Waals surface area contributed by atoms with Crippen LogP contribution in [0.2, 0.25) is 0 Å². The third-order valence-corrected chi connectivity index (χ3v) is 2.72. The smallest absolute Gasteiger partial charge is 0.321 e. The number of amides is 3. The van der Waals surface area contributed by atoms with Crippen molar-refractivity contribution in [2.45, 2.75) is 20.3 Å². The van der Waals surface area contributed by atoms with Crippen molar-refractivity contribution in [1.82, 2.24) is 4.90 Å². The number of benzene rings is 1. The number of urea groups is 1. The number of anilines is 2. The van der Waals surface area contributed by atoms with Crippen LogP contribution in [-0.2, 0) is 9.59 Å². The maximum atomic E-state index is 12.0. The Hall–Kier alpha value is -2.57. The first-order valence-corrected chi connectivity index (χ1v) is 6.57. The Morgan fingerprint density at radius 3 is 2.05 bits per heavy atom. The predicted molar refractivity (Wildman–Crippen MR) is 79.3 cm³/mol. The highest BCUT2D eigenvalue weighted by Crippen LogP contribution is 2.14. The van der Waals surface area contributed by atoms with E-state index in [2.05, 4.69) is 10.6 Å². The van der Waals surface area contributed by atoms with Gasteiger partial charge in [-0.3, -0.25) is 9.59 Å². The number of carboxylic acid groups (broad SMARTS) is 1. The van der Waals surface area contributed by atoms with E-state index in [0.717, 1.165) is 0 Å². The highest BCUT2D eigenvalue weighted by molar-refractivity contribution is 5.91. The summed E-state index contributed by atoms with van der Waals surface area (Å²) >= 11 is 0. The molecule has 0 aromatic heterocycles. The van der Waals surface area contributed by atoms with E-state index >= 15 is 0 Å². The van der Waals surface area contributed by atoms with E-state index in [1.54, 1.807) is 31.2 Å². The van der Waals surface area contributed by atoms with Gasteiger partial charge in [0.2, 0.25) is 5.91 Å². The fraction of sp³-hybridized carbons (Fsp3) is 0.357. The van der Waals surface area contributed by atoms with E-state index in [0.29, 0.717) is 17.9 Å². The third kappa shape index (κ3) is 5.94. The van der Waals surface area contributed by atoms with Gasteiger partial charge in [-0.05, 0) is 31.2 Å². The number of rotatable bonds is 6. The Labute approximate surface area is 122 Å². The maximum absolute atomic E-state index is 12.0. The Bertz CT molecular complexity index is 513. The molecular weight excluding hydrogens is 274 g/mol. The number of hydrogen-bond donors (Lipinski definition) is 3. The van der Waals surface area contributed by atoms with Gasteiger partial charge in [-0.1, -0.05) is 0 Å². The molecule has 0 spiro atoms. The SMILES string of the molecule is CCN(CCC(=O)O)C(=O)Nc1ccc(NC(C)=O)cc1. The van der Waals surface area contributed by atoms with E-state index in [1.165, 1.54) is 11.8 Å². The predicted octanol–water partition coefficient (Wildman–Crippen LogP) is 1.97. The van der Waals surface area contributed by atoms with Crippen molar-refractivity contribution in [3.8, 4) is 0 Å². The minimum Gasteiger partial charge on any atom is -0.481 e. The molecule has 0 atom stereocenters. The van der Waals surface area contributed by atoms with E-state index in [-0.39, 0.29) is 24.9 Å². The molecule has 0 saturated carbocycles. The van der Waals surface area contributed by atoms with Gasteiger partial charge in [-0.15, -0.1) is 0 Å². The summed E-state index contributed by atoms with van der Waals surface area (Å²) < 4.78 is 0. The lowest BCUT2D eigenvalue weighted by Crippen LogP contribution is -2.36. The van der Waals surface area contributed by atoms with Gasteiger partial charge in [-0.2, -0.15) is 0 Å². The van der Waals surface area contributed by atoms with Gasteiger partial charge in [-0.25, -0.2) is 4.79 Å². The summed E-state index contributed by atoms with van der Waals surface area (Å²) in [5, 5.41) is 13.9. The van der Waals surface area contributed by atoms with Crippen LogP contribution in [0.3, 0.4) is 0 Å². The molecule has 0 aliphatic carbocycles. The molecule has 3 amide bonds. The number of nitrogens with zero attached hydrogens (tertiary/aromatic N) is 1. The number of carbonyl (C=O) groups excluding carboxylic acids is 2. The number of aliphatic carboxylic acids is 1. The Morgan fingerprint density at radius 1 is 1.10 bits per heavy atom. The normalized spacial score (nSPS) is 9.81. The molecule has 1 aromatic carbocycles. The van der Waals surface area contributed by atoms with E-state index in [4.69, 9.17) is 5.11 Å². The summed E-state index contributed by atoms with van der Waals surface area (Å²) in [6.45, 7) is 3.77. The second-order valence-corrected chi connectivity index (χ2v) is 4.41. The summed E-state index contributed by atoms with van der Waals surface area (Å²) in [5.41, 5.74) is 1.21. The molecule has 3 N–H and O–H groups in total. The molecule has 0 aliphatic heterocycles. The molecule has 0 aliphatic rings. The van der Waals surface area contributed by atoms with Crippen molar-refractivity contribution in [1.29, 1.82) is 0 Å². The first-order chi connectivity index (χ1) is 9.92. The van der Waals surface area contributed by atoms with Crippen molar-refractivity contribution in [2.75, 3.05) is 23.7 Å². The molecule has 0 saturated heterocycles. The molecule has 7 nitrogen and oxygen atoms in total. The first kappa shape index (κ1) is 16.5. The third-order valence-electron chi connectivity index (χ3n) is 2.72. The zero-order chi connectivity index (χ0) is 15.8. The maximum Gasteiger partial charge on any atom is 0.321 e. The Balaban J connectivity index is 2.60. The second kappa shape index (κ2) is 7.88. The molecule has 0 fully saturated rings. The lowest BCUT2D eigenvalue weighted by atomic mass is 10.3. The minimum absolute atomic E-state index is 0.0945. The van der Waals surface area contributed by atoms with Gasteiger partial charge < -0.3 is 20.6 Å². The van der Waals surface area contributed by atoms with Gasteiger partial charge in [0.15, 0.2) is 0 Å². The zero-order valence-electron chi connectivity index (χ0n) is 12.0. The number of carboxylic acids is 1. The molecule has 7 heteroatoms. The monoisotopic (exact) mass is 293 g/mol. The molecule has 0 radical (unpaired) electrons. The molecule has 0 unspecified atom stereocenters. The summed E-state index contributed by atoms with van der Waals surface area (Å²) in [5.74, 6) is -1.11. The van der Waals surface area contributed by atoms with Crippen LogP contribution in [0.15, 0.2) is 24.3 Å². The van der Waals surface area contributed by atoms with E-state index in [9.17, 15) is 14.4 Å². The average molecular weight is 293 g/mol. The number of hydrogen-bond acceptors (Lipinski definition) is 3. The fourth-order valence-corrected chi connectivity index (χ4v) is 1.68. The van der Waals surface area contributed by atoms with Crippen LogP contribution >= 0.6 is 0 Å². The highest BCUT2D eigenvalue weighted by atomic mass is 16.4. The summed E-state index contributed by atoms with van der Waals surface area (Å²) in [7, 11) is 0. The Kier molecular flexibility index (Phi) is 6.19. The molecule has 0 bridgehead atoms. The van der Waals surface area contributed by atoms with Crippen molar-refractivity contribution in [3.05, 3.63) is 24.3 Å². The van der Waals surface area contributed by atoms with Gasteiger partial charge in [0.05, 0.1) is 6.42 Å². The van der Waals surface area contributed by atoms with Gasteiger partial charge in [0.25, 0.3) is 0 Å². The van der Waals surface area contributed by atoms with Gasteiger partial charge >= 0.3 is 12.0 Å². The summed E-state index contributed by atoms with van der Waals surface area (Å²) in [6, 6.07) is 6.31. The first-order valence-electron chi connectivity index (χ1n) is 6.57. The number of nitrogens with one attached hydrogen (secondary N) is 2. The van der Waals surface area contributed by atoms with Crippen LogP contribution in [0, 0.1) is 0 Å². The second-order valence-electron chi connectivity index (χ2n) is 4.41. The van der Waals surface area contributed by atoms with Crippen LogP contribution in [0.5, 0.6) is 0 Å². The summed E-state index contributed by atoms with van der Waals surface area (Å²) in [4.78, 5) is 34.8. The van der Waals surface area contributed by atoms with E-state index in [1.807, 2.05) is 0 Å². The number of carbonyl (C=O) groups is 3. The molecular formula is C14H19N3O4.